The quantitative estimate of drug-likeness (QED) is 0.442. The van der Waals surface area contributed by atoms with Crippen molar-refractivity contribution in [2.24, 2.45) is 0 Å². The van der Waals surface area contributed by atoms with Crippen molar-refractivity contribution in [1.82, 2.24) is 9.55 Å². The Bertz CT molecular complexity index is 995. The summed E-state index contributed by atoms with van der Waals surface area (Å²) in [5, 5.41) is 12.8. The molecule has 2 aromatic carbocycles. The molecular weight excluding hydrogens is 415 g/mol. The minimum atomic E-state index is -1.04. The van der Waals surface area contributed by atoms with Gasteiger partial charge in [0.15, 0.2) is 0 Å². The Morgan fingerprint density at radius 3 is 2.43 bits per heavy atom. The average molecular weight is 438 g/mol. The summed E-state index contributed by atoms with van der Waals surface area (Å²) in [6, 6.07) is 12.9. The fourth-order valence-electron chi connectivity index (χ4n) is 3.43. The van der Waals surface area contributed by atoms with E-state index in [-0.39, 0.29) is 0 Å². The first-order valence-electron chi connectivity index (χ1n) is 9.28. The molecule has 0 saturated carbocycles. The van der Waals surface area contributed by atoms with Crippen LogP contribution in [0.5, 0.6) is 0 Å². The van der Waals surface area contributed by atoms with Gasteiger partial charge in [-0.2, -0.15) is 0 Å². The molecule has 0 amide bonds. The SMILES string of the molecule is CCCCC(C)(O)c1nc(-c2ccc(Cl)cc2Cl)n(-c2cccc(Cl)c2)c1C. The van der Waals surface area contributed by atoms with Gasteiger partial charge in [0.25, 0.3) is 0 Å². The second-order valence-electron chi connectivity index (χ2n) is 7.19. The van der Waals surface area contributed by atoms with E-state index in [1.54, 1.807) is 12.1 Å². The molecular formula is C22H23Cl3N2O. The third kappa shape index (κ3) is 4.23. The van der Waals surface area contributed by atoms with Crippen LogP contribution in [0.2, 0.25) is 15.1 Å². The highest BCUT2D eigenvalue weighted by Crippen LogP contribution is 2.37. The van der Waals surface area contributed by atoms with Crippen molar-refractivity contribution in [3.8, 4) is 17.1 Å². The van der Waals surface area contributed by atoms with Crippen molar-refractivity contribution < 1.29 is 5.11 Å². The summed E-state index contributed by atoms with van der Waals surface area (Å²) in [5.41, 5.74) is 2.05. The molecule has 1 heterocycles. The molecule has 1 atom stereocenters. The van der Waals surface area contributed by atoms with Gasteiger partial charge in [0.2, 0.25) is 0 Å². The molecule has 0 bridgehead atoms. The molecule has 6 heteroatoms. The largest absolute Gasteiger partial charge is 0.384 e. The maximum atomic E-state index is 11.1. The van der Waals surface area contributed by atoms with E-state index in [2.05, 4.69) is 6.92 Å². The van der Waals surface area contributed by atoms with Crippen LogP contribution < -0.4 is 0 Å². The zero-order chi connectivity index (χ0) is 20.5. The van der Waals surface area contributed by atoms with Gasteiger partial charge in [-0.05, 0) is 56.7 Å². The second-order valence-corrected chi connectivity index (χ2v) is 8.47. The lowest BCUT2D eigenvalue weighted by molar-refractivity contribution is 0.0406. The van der Waals surface area contributed by atoms with Crippen LogP contribution in [-0.2, 0) is 5.60 Å². The van der Waals surface area contributed by atoms with E-state index in [1.165, 1.54) is 0 Å². The molecule has 0 aliphatic heterocycles. The second kappa shape index (κ2) is 8.46. The molecule has 0 radical (unpaired) electrons. The molecule has 1 aromatic heterocycles. The van der Waals surface area contributed by atoms with Gasteiger partial charge in [0, 0.05) is 27.0 Å². The summed E-state index contributed by atoms with van der Waals surface area (Å²) in [6.07, 6.45) is 2.54. The van der Waals surface area contributed by atoms with Gasteiger partial charge >= 0.3 is 0 Å². The molecule has 0 aliphatic carbocycles. The number of imidazole rings is 1. The molecule has 0 saturated heterocycles. The number of aliphatic hydroxyl groups is 1. The molecule has 0 aliphatic rings. The molecule has 0 spiro atoms. The summed E-state index contributed by atoms with van der Waals surface area (Å²) in [5.74, 6) is 0.646. The van der Waals surface area contributed by atoms with Crippen LogP contribution in [0.25, 0.3) is 17.1 Å². The maximum absolute atomic E-state index is 11.1. The first kappa shape index (κ1) is 21.2. The Kier molecular flexibility index (Phi) is 6.41. The summed E-state index contributed by atoms with van der Waals surface area (Å²) >= 11 is 18.8. The summed E-state index contributed by atoms with van der Waals surface area (Å²) in [4.78, 5) is 4.84. The summed E-state index contributed by atoms with van der Waals surface area (Å²) in [6.45, 7) is 5.87. The molecule has 3 rings (SSSR count). The molecule has 28 heavy (non-hydrogen) atoms. The van der Waals surface area contributed by atoms with E-state index in [4.69, 9.17) is 39.8 Å². The van der Waals surface area contributed by atoms with E-state index < -0.39 is 5.60 Å². The molecule has 1 N–H and O–H groups in total. The van der Waals surface area contributed by atoms with Crippen LogP contribution in [0.4, 0.5) is 0 Å². The highest BCUT2D eigenvalue weighted by atomic mass is 35.5. The Hall–Kier alpha value is -1.52. The topological polar surface area (TPSA) is 38.1 Å². The lowest BCUT2D eigenvalue weighted by Crippen LogP contribution is -2.23. The number of halogens is 3. The van der Waals surface area contributed by atoms with Crippen LogP contribution in [0.1, 0.15) is 44.5 Å². The highest BCUT2D eigenvalue weighted by Gasteiger charge is 2.31. The van der Waals surface area contributed by atoms with Crippen LogP contribution in [0.15, 0.2) is 42.5 Å². The third-order valence-electron chi connectivity index (χ3n) is 4.87. The number of rotatable bonds is 6. The number of aromatic nitrogens is 2. The normalized spacial score (nSPS) is 13.5. The highest BCUT2D eigenvalue weighted by molar-refractivity contribution is 6.36. The van der Waals surface area contributed by atoms with E-state index >= 15 is 0 Å². The van der Waals surface area contributed by atoms with Crippen molar-refractivity contribution in [2.45, 2.75) is 45.6 Å². The zero-order valence-corrected chi connectivity index (χ0v) is 18.4. The molecule has 148 valence electrons. The Morgan fingerprint density at radius 2 is 1.79 bits per heavy atom. The van der Waals surface area contributed by atoms with E-state index in [1.807, 2.05) is 48.7 Å². The van der Waals surface area contributed by atoms with Gasteiger partial charge in [-0.25, -0.2) is 4.98 Å². The predicted molar refractivity (Wildman–Crippen MR) is 118 cm³/mol. The lowest BCUT2D eigenvalue weighted by Gasteiger charge is -2.22. The Morgan fingerprint density at radius 1 is 1.07 bits per heavy atom. The van der Waals surface area contributed by atoms with Gasteiger partial charge < -0.3 is 5.11 Å². The van der Waals surface area contributed by atoms with Gasteiger partial charge in [-0.3, -0.25) is 4.57 Å². The first-order chi connectivity index (χ1) is 13.2. The smallest absolute Gasteiger partial charge is 0.146 e. The van der Waals surface area contributed by atoms with Gasteiger partial charge in [0.05, 0.1) is 10.7 Å². The van der Waals surface area contributed by atoms with Crippen molar-refractivity contribution in [3.63, 3.8) is 0 Å². The number of hydrogen-bond acceptors (Lipinski definition) is 2. The average Bonchev–Trinajstić information content (AvgIpc) is 2.98. The standard InChI is InChI=1S/C22H23Cl3N2O/c1-4-5-11-22(3,28)20-14(2)27(17-8-6-7-15(23)12-17)21(26-20)18-10-9-16(24)13-19(18)25/h6-10,12-13,28H,4-5,11H2,1-3H3. The lowest BCUT2D eigenvalue weighted by atomic mass is 9.94. The van der Waals surface area contributed by atoms with E-state index in [0.717, 1.165) is 29.8 Å². The minimum Gasteiger partial charge on any atom is -0.384 e. The minimum absolute atomic E-state index is 0.500. The predicted octanol–water partition coefficient (Wildman–Crippen LogP) is 7.21. The van der Waals surface area contributed by atoms with Crippen molar-refractivity contribution in [2.75, 3.05) is 0 Å². The van der Waals surface area contributed by atoms with Crippen molar-refractivity contribution >= 4 is 34.8 Å². The van der Waals surface area contributed by atoms with Crippen LogP contribution in [0, 0.1) is 6.92 Å². The zero-order valence-electron chi connectivity index (χ0n) is 16.1. The maximum Gasteiger partial charge on any atom is 0.146 e. The van der Waals surface area contributed by atoms with Gasteiger partial charge in [-0.15, -0.1) is 0 Å². The van der Waals surface area contributed by atoms with Gasteiger partial charge in [-0.1, -0.05) is 60.6 Å². The summed E-state index contributed by atoms with van der Waals surface area (Å²) in [7, 11) is 0. The van der Waals surface area contributed by atoms with Crippen molar-refractivity contribution in [1.29, 1.82) is 0 Å². The molecule has 1 unspecified atom stereocenters. The fourth-order valence-corrected chi connectivity index (χ4v) is 4.11. The Labute approximate surface area is 180 Å². The van der Waals surface area contributed by atoms with Crippen LogP contribution in [0.3, 0.4) is 0 Å². The first-order valence-corrected chi connectivity index (χ1v) is 10.4. The summed E-state index contributed by atoms with van der Waals surface area (Å²) < 4.78 is 1.98. The van der Waals surface area contributed by atoms with Crippen LogP contribution in [-0.4, -0.2) is 14.7 Å². The molecule has 3 aromatic rings. The van der Waals surface area contributed by atoms with Crippen molar-refractivity contribution in [3.05, 3.63) is 68.9 Å². The van der Waals surface area contributed by atoms with E-state index in [0.29, 0.717) is 33.0 Å². The van der Waals surface area contributed by atoms with Gasteiger partial charge in [0.1, 0.15) is 11.4 Å². The number of benzene rings is 2. The fraction of sp³-hybridized carbons (Fsp3) is 0.318. The Balaban J connectivity index is 2.26. The number of hydrogen-bond donors (Lipinski definition) is 1. The van der Waals surface area contributed by atoms with E-state index in [9.17, 15) is 5.11 Å². The number of unbranched alkanes of at least 4 members (excludes halogenated alkanes) is 1. The monoisotopic (exact) mass is 436 g/mol. The number of nitrogens with zero attached hydrogens (tertiary/aromatic N) is 2. The molecule has 0 fully saturated rings. The van der Waals surface area contributed by atoms with Crippen LogP contribution >= 0.6 is 34.8 Å². The molecule has 3 nitrogen and oxygen atoms in total. The third-order valence-corrected chi connectivity index (χ3v) is 5.66.